The molecule has 0 spiro atoms. The van der Waals surface area contributed by atoms with Gasteiger partial charge in [-0.15, -0.1) is 6.26 Å². The Hall–Kier alpha value is -0.280. The van der Waals surface area contributed by atoms with Crippen molar-refractivity contribution < 1.29 is 39.5 Å². The maximum Gasteiger partial charge on any atom is 1.00 e. The largest absolute Gasteiger partial charge is 1.00 e. The first kappa shape index (κ1) is 12.7. The third-order valence-corrected chi connectivity index (χ3v) is 1.56. The van der Waals surface area contributed by atoms with E-state index in [9.17, 15) is 9.90 Å². The van der Waals surface area contributed by atoms with Gasteiger partial charge in [-0.25, -0.2) is 0 Å². The van der Waals surface area contributed by atoms with Crippen LogP contribution in [0.5, 0.6) is 0 Å². The molecule has 4 heteroatoms. The van der Waals surface area contributed by atoms with Crippen LogP contribution in [-0.4, -0.2) is 5.78 Å². The maximum absolute atomic E-state index is 11.1. The molecule has 0 aliphatic carbocycles. The van der Waals surface area contributed by atoms with Crippen molar-refractivity contribution in [3.63, 3.8) is 0 Å². The van der Waals surface area contributed by atoms with Crippen molar-refractivity contribution >= 4 is 17.4 Å². The Balaban J connectivity index is 0.00000144. The quantitative estimate of drug-likeness (QED) is 0.252. The fraction of sp³-hybridized carbons (Fsp3) is 0. The van der Waals surface area contributed by atoms with Crippen LogP contribution in [-0.2, 0) is 0 Å². The number of ketones is 1. The summed E-state index contributed by atoms with van der Waals surface area (Å²) in [6, 6.07) is 6.45. The van der Waals surface area contributed by atoms with Crippen molar-refractivity contribution in [2.75, 3.05) is 0 Å². The van der Waals surface area contributed by atoms with Gasteiger partial charge in [0.05, 0.1) is 0 Å². The number of halogens is 1. The molecule has 62 valence electrons. The van der Waals surface area contributed by atoms with Crippen molar-refractivity contribution in [1.82, 2.24) is 0 Å². The summed E-state index contributed by atoms with van der Waals surface area (Å²) >= 11 is 5.63. The van der Waals surface area contributed by atoms with Gasteiger partial charge in [-0.05, 0) is 18.2 Å². The minimum absolute atomic E-state index is 0. The summed E-state index contributed by atoms with van der Waals surface area (Å²) in [7, 11) is 0. The van der Waals surface area contributed by atoms with Crippen LogP contribution in [0.3, 0.4) is 0 Å². The normalized spacial score (nSPS) is 9.62. The Labute approximate surface area is 104 Å². The van der Waals surface area contributed by atoms with E-state index < -0.39 is 0 Å². The van der Waals surface area contributed by atoms with E-state index in [1.54, 1.807) is 18.2 Å². The van der Waals surface area contributed by atoms with Gasteiger partial charge in [-0.3, -0.25) is 4.79 Å². The third kappa shape index (κ3) is 3.96. The first-order valence-corrected chi connectivity index (χ1v) is 3.70. The Morgan fingerprint density at radius 1 is 1.46 bits per heavy atom. The molecule has 0 radical (unpaired) electrons. The predicted octanol–water partition coefficient (Wildman–Crippen LogP) is -1.60. The Morgan fingerprint density at radius 3 is 2.69 bits per heavy atom. The summed E-state index contributed by atoms with van der Waals surface area (Å²) in [4.78, 5) is 11.1. The Kier molecular flexibility index (Phi) is 6.08. The Bertz CT molecular complexity index is 323. The minimum atomic E-state index is -0.326. The van der Waals surface area contributed by atoms with E-state index >= 15 is 0 Å². The molecule has 0 aliphatic rings. The number of hydrogen-bond donors (Lipinski definition) is 0. The molecule has 1 aromatic rings. The molecule has 0 saturated carbocycles. The smallest absolute Gasteiger partial charge is 0.878 e. The fourth-order valence-electron chi connectivity index (χ4n) is 0.800. The predicted molar refractivity (Wildman–Crippen MR) is 44.9 cm³/mol. The van der Waals surface area contributed by atoms with Gasteiger partial charge >= 0.3 is 29.6 Å². The van der Waals surface area contributed by atoms with E-state index in [2.05, 4.69) is 0 Å². The minimum Gasteiger partial charge on any atom is -0.878 e. The number of carbonyl (C=O) groups is 1. The average Bonchev–Trinajstić information content (AvgIpc) is 2.05. The number of hydrogen-bond acceptors (Lipinski definition) is 2. The summed E-state index contributed by atoms with van der Waals surface area (Å²) in [5, 5.41) is 10.5. The zero-order valence-corrected chi connectivity index (χ0v) is 9.91. The monoisotopic (exact) mass is 204 g/mol. The van der Waals surface area contributed by atoms with Gasteiger partial charge in [0, 0.05) is 10.6 Å². The second-order valence-corrected chi connectivity index (χ2v) is 2.61. The molecule has 2 nitrogen and oxygen atoms in total. The molecule has 0 heterocycles. The molecule has 1 rings (SSSR count). The van der Waals surface area contributed by atoms with Gasteiger partial charge < -0.3 is 5.11 Å². The SMILES string of the molecule is O=C(/C=C/[O-])c1cccc(Cl)c1.[Na+]. The van der Waals surface area contributed by atoms with Crippen molar-refractivity contribution in [1.29, 1.82) is 0 Å². The van der Waals surface area contributed by atoms with Crippen LogP contribution in [0.25, 0.3) is 0 Å². The average molecular weight is 205 g/mol. The molecule has 0 fully saturated rings. The molecular weight excluding hydrogens is 199 g/mol. The zero-order chi connectivity index (χ0) is 8.97. The topological polar surface area (TPSA) is 40.1 Å². The van der Waals surface area contributed by atoms with Crippen molar-refractivity contribution in [3.8, 4) is 0 Å². The van der Waals surface area contributed by atoms with E-state index in [0.717, 1.165) is 6.08 Å². The molecule has 0 atom stereocenters. The molecular formula is C9H6ClNaO2. The van der Waals surface area contributed by atoms with Crippen molar-refractivity contribution in [3.05, 3.63) is 47.2 Å². The van der Waals surface area contributed by atoms with Gasteiger partial charge in [0.25, 0.3) is 0 Å². The van der Waals surface area contributed by atoms with Crippen LogP contribution >= 0.6 is 11.6 Å². The molecule has 0 N–H and O–H groups in total. The summed E-state index contributed by atoms with van der Waals surface area (Å²) in [5.41, 5.74) is 0.426. The number of allylic oxidation sites excluding steroid dienone is 1. The second-order valence-electron chi connectivity index (χ2n) is 2.18. The maximum atomic E-state index is 11.1. The summed E-state index contributed by atoms with van der Waals surface area (Å²) in [5.74, 6) is -0.326. The molecule has 13 heavy (non-hydrogen) atoms. The van der Waals surface area contributed by atoms with E-state index in [0.29, 0.717) is 16.8 Å². The van der Waals surface area contributed by atoms with Gasteiger partial charge in [-0.2, -0.15) is 0 Å². The Morgan fingerprint density at radius 2 is 2.15 bits per heavy atom. The van der Waals surface area contributed by atoms with E-state index in [4.69, 9.17) is 11.6 Å². The zero-order valence-electron chi connectivity index (χ0n) is 7.16. The molecule has 0 aromatic heterocycles. The molecule has 0 amide bonds. The molecule has 0 bridgehead atoms. The molecule has 0 saturated heterocycles. The van der Waals surface area contributed by atoms with Gasteiger partial charge in [0.1, 0.15) is 0 Å². The van der Waals surface area contributed by atoms with Crippen LogP contribution in [0.2, 0.25) is 5.02 Å². The number of carbonyl (C=O) groups excluding carboxylic acids is 1. The summed E-state index contributed by atoms with van der Waals surface area (Å²) in [6.45, 7) is 0. The number of benzene rings is 1. The van der Waals surface area contributed by atoms with Crippen molar-refractivity contribution in [2.45, 2.75) is 0 Å². The van der Waals surface area contributed by atoms with Crippen LogP contribution in [0, 0.1) is 0 Å². The van der Waals surface area contributed by atoms with Gasteiger partial charge in [0.15, 0.2) is 5.78 Å². The second kappa shape index (κ2) is 6.22. The third-order valence-electron chi connectivity index (χ3n) is 1.33. The standard InChI is InChI=1S/C9H7ClO2.Na/c10-8-3-1-2-7(6-8)9(12)4-5-11;/h1-6,11H;/q;+1/p-1/b5-4+;. The van der Waals surface area contributed by atoms with Crippen LogP contribution < -0.4 is 34.7 Å². The molecule has 1 aromatic carbocycles. The van der Waals surface area contributed by atoms with E-state index in [1.165, 1.54) is 6.07 Å². The summed E-state index contributed by atoms with van der Waals surface area (Å²) < 4.78 is 0. The van der Waals surface area contributed by atoms with Crippen LogP contribution in [0.15, 0.2) is 36.6 Å². The molecule has 0 aliphatic heterocycles. The first-order valence-electron chi connectivity index (χ1n) is 3.32. The number of rotatable bonds is 2. The van der Waals surface area contributed by atoms with Gasteiger partial charge in [-0.1, -0.05) is 23.7 Å². The van der Waals surface area contributed by atoms with Crippen molar-refractivity contribution in [2.24, 2.45) is 0 Å². The van der Waals surface area contributed by atoms with E-state index in [-0.39, 0.29) is 35.3 Å². The first-order chi connectivity index (χ1) is 5.74. The molecule has 0 unspecified atom stereocenters. The summed E-state index contributed by atoms with van der Waals surface area (Å²) in [6.07, 6.45) is 1.43. The van der Waals surface area contributed by atoms with Crippen LogP contribution in [0.4, 0.5) is 0 Å². The van der Waals surface area contributed by atoms with Gasteiger partial charge in [0.2, 0.25) is 0 Å². The van der Waals surface area contributed by atoms with Crippen LogP contribution in [0.1, 0.15) is 10.4 Å². The fourth-order valence-corrected chi connectivity index (χ4v) is 0.990. The van der Waals surface area contributed by atoms with E-state index in [1.807, 2.05) is 0 Å².